The molecule has 0 radical (unpaired) electrons. The molecule has 3 aromatic rings. The van der Waals surface area contributed by atoms with Crippen LogP contribution in [-0.4, -0.2) is 30.6 Å². The number of hydrogen-bond donors (Lipinski definition) is 0. The van der Waals surface area contributed by atoms with Crippen LogP contribution in [0.2, 0.25) is 0 Å². The summed E-state index contributed by atoms with van der Waals surface area (Å²) in [5.41, 5.74) is 2.00. The molecular formula is C42H54O7. The Morgan fingerprint density at radius 1 is 0.592 bits per heavy atom. The third-order valence-electron chi connectivity index (χ3n) is 8.23. The summed E-state index contributed by atoms with van der Waals surface area (Å²) in [7, 11) is 0. The Morgan fingerprint density at radius 2 is 1.04 bits per heavy atom. The molecular weight excluding hydrogens is 616 g/mol. The summed E-state index contributed by atoms with van der Waals surface area (Å²) in [6, 6.07) is 20.0. The Kier molecular flexibility index (Phi) is 17.8. The first-order chi connectivity index (χ1) is 23.8. The van der Waals surface area contributed by atoms with E-state index in [-0.39, 0.29) is 12.1 Å². The van der Waals surface area contributed by atoms with Crippen LogP contribution in [-0.2, 0) is 9.53 Å². The molecule has 0 spiro atoms. The summed E-state index contributed by atoms with van der Waals surface area (Å²) < 4.78 is 22.4. The van der Waals surface area contributed by atoms with Gasteiger partial charge in [-0.2, -0.15) is 0 Å². The summed E-state index contributed by atoms with van der Waals surface area (Å²) in [5, 5.41) is 0. The van der Waals surface area contributed by atoms with Crippen molar-refractivity contribution in [2.24, 2.45) is 0 Å². The molecule has 0 N–H and O–H groups in total. The highest BCUT2D eigenvalue weighted by atomic mass is 16.5. The minimum absolute atomic E-state index is 0.123. The summed E-state index contributed by atoms with van der Waals surface area (Å²) >= 11 is 0. The van der Waals surface area contributed by atoms with Crippen LogP contribution in [0.15, 0.2) is 78.4 Å². The molecule has 0 aromatic heterocycles. The van der Waals surface area contributed by atoms with Crippen LogP contribution < -0.4 is 14.2 Å². The van der Waals surface area contributed by atoms with Crippen LogP contribution in [0.4, 0.5) is 0 Å². The first-order valence-corrected chi connectivity index (χ1v) is 18.1. The molecule has 49 heavy (non-hydrogen) atoms. The third kappa shape index (κ3) is 15.1. The van der Waals surface area contributed by atoms with Gasteiger partial charge in [0.25, 0.3) is 0 Å². The Bertz CT molecular complexity index is 1440. The van der Waals surface area contributed by atoms with Gasteiger partial charge < -0.3 is 18.9 Å². The molecule has 3 aromatic carbocycles. The first kappa shape index (κ1) is 39.1. The number of esters is 3. The van der Waals surface area contributed by atoms with Gasteiger partial charge in [0.2, 0.25) is 0 Å². The van der Waals surface area contributed by atoms with Crippen molar-refractivity contribution in [1.82, 2.24) is 0 Å². The highest BCUT2D eigenvalue weighted by molar-refractivity contribution is 5.94. The lowest BCUT2D eigenvalue weighted by Gasteiger charge is -2.13. The Morgan fingerprint density at radius 3 is 1.57 bits per heavy atom. The van der Waals surface area contributed by atoms with Crippen molar-refractivity contribution in [3.63, 3.8) is 0 Å². The van der Waals surface area contributed by atoms with Gasteiger partial charge in [0.1, 0.15) is 17.2 Å². The lowest BCUT2D eigenvalue weighted by Crippen LogP contribution is -2.15. The number of benzene rings is 3. The topological polar surface area (TPSA) is 88.1 Å². The van der Waals surface area contributed by atoms with Gasteiger partial charge in [0, 0.05) is 5.57 Å². The molecule has 0 aliphatic heterocycles. The van der Waals surface area contributed by atoms with Crippen LogP contribution >= 0.6 is 0 Å². The number of ether oxygens (including phenoxy) is 4. The van der Waals surface area contributed by atoms with E-state index in [9.17, 15) is 14.4 Å². The van der Waals surface area contributed by atoms with E-state index in [1.807, 2.05) is 6.92 Å². The van der Waals surface area contributed by atoms with Gasteiger partial charge >= 0.3 is 17.9 Å². The van der Waals surface area contributed by atoms with E-state index < -0.39 is 11.9 Å². The summed E-state index contributed by atoms with van der Waals surface area (Å²) in [6.45, 7) is 8.72. The fourth-order valence-corrected chi connectivity index (χ4v) is 5.24. The Labute approximate surface area is 293 Å². The minimum Gasteiger partial charge on any atom is -0.494 e. The average molecular weight is 671 g/mol. The molecule has 0 aliphatic rings. The van der Waals surface area contributed by atoms with Crippen molar-refractivity contribution < 1.29 is 33.3 Å². The highest BCUT2D eigenvalue weighted by Crippen LogP contribution is 2.20. The van der Waals surface area contributed by atoms with Crippen molar-refractivity contribution in [3.8, 4) is 17.2 Å². The second kappa shape index (κ2) is 22.3. The second-order valence-electron chi connectivity index (χ2n) is 12.6. The van der Waals surface area contributed by atoms with Crippen molar-refractivity contribution >= 4 is 24.0 Å². The molecule has 0 heterocycles. The maximum Gasteiger partial charge on any atom is 0.343 e. The third-order valence-corrected chi connectivity index (χ3v) is 8.23. The van der Waals surface area contributed by atoms with Crippen molar-refractivity contribution in [3.05, 3.63) is 95.1 Å². The van der Waals surface area contributed by atoms with Crippen LogP contribution in [0, 0.1) is 0 Å². The van der Waals surface area contributed by atoms with Crippen molar-refractivity contribution in [2.75, 3.05) is 6.61 Å². The zero-order chi connectivity index (χ0) is 35.3. The smallest absolute Gasteiger partial charge is 0.343 e. The Balaban J connectivity index is 1.40. The van der Waals surface area contributed by atoms with Gasteiger partial charge in [0.15, 0.2) is 0 Å². The monoisotopic (exact) mass is 670 g/mol. The van der Waals surface area contributed by atoms with Gasteiger partial charge in [-0.05, 0) is 105 Å². The fraction of sp³-hybridized carbons (Fsp3) is 0.452. The van der Waals surface area contributed by atoms with Crippen molar-refractivity contribution in [2.45, 2.75) is 117 Å². The molecule has 3 rings (SSSR count). The lowest BCUT2D eigenvalue weighted by molar-refractivity contribution is -0.143. The Hall–Kier alpha value is -4.39. The average Bonchev–Trinajstić information content (AvgIpc) is 3.10. The molecule has 0 saturated carbocycles. The molecule has 7 nitrogen and oxygen atoms in total. The quantitative estimate of drug-likeness (QED) is 0.0455. The van der Waals surface area contributed by atoms with Crippen molar-refractivity contribution in [1.29, 1.82) is 0 Å². The molecule has 0 unspecified atom stereocenters. The summed E-state index contributed by atoms with van der Waals surface area (Å²) in [4.78, 5) is 37.9. The maximum absolute atomic E-state index is 12.7. The SMILES string of the molecule is CCCCCCCCCCOc1ccc(C(=O)Oc2ccc(C(=O)Oc3ccc(C=C(C)C(=O)O[C@H](C)CCCCCC)cc3)cc2)cc1. The number of unbranched alkanes of at least 4 members (excludes halogenated alkanes) is 10. The number of carbonyl (C=O) groups excluding carboxylic acids is 3. The van der Waals surface area contributed by atoms with Crippen LogP contribution in [0.3, 0.4) is 0 Å². The summed E-state index contributed by atoms with van der Waals surface area (Å²) in [6.07, 6.45) is 17.0. The molecule has 0 saturated heterocycles. The van der Waals surface area contributed by atoms with Gasteiger partial charge in [-0.15, -0.1) is 0 Å². The first-order valence-electron chi connectivity index (χ1n) is 18.1. The molecule has 264 valence electrons. The van der Waals surface area contributed by atoms with Crippen LogP contribution in [0.5, 0.6) is 17.2 Å². The lowest BCUT2D eigenvalue weighted by atomic mass is 10.1. The van der Waals surface area contributed by atoms with E-state index in [1.165, 1.54) is 51.4 Å². The van der Waals surface area contributed by atoms with Gasteiger partial charge in [-0.3, -0.25) is 0 Å². The van der Waals surface area contributed by atoms with E-state index in [0.29, 0.717) is 34.8 Å². The van der Waals surface area contributed by atoms with Gasteiger partial charge in [0.05, 0.1) is 23.8 Å². The number of carbonyl (C=O) groups is 3. The zero-order valence-electron chi connectivity index (χ0n) is 29.8. The second-order valence-corrected chi connectivity index (χ2v) is 12.6. The van der Waals surface area contributed by atoms with Gasteiger partial charge in [-0.1, -0.05) is 90.2 Å². The van der Waals surface area contributed by atoms with Crippen LogP contribution in [0.1, 0.15) is 137 Å². The van der Waals surface area contributed by atoms with E-state index in [1.54, 1.807) is 85.8 Å². The number of rotatable bonds is 22. The zero-order valence-corrected chi connectivity index (χ0v) is 29.8. The number of hydrogen-bond acceptors (Lipinski definition) is 7. The van der Waals surface area contributed by atoms with E-state index in [4.69, 9.17) is 18.9 Å². The van der Waals surface area contributed by atoms with E-state index in [2.05, 4.69) is 13.8 Å². The fourth-order valence-electron chi connectivity index (χ4n) is 5.24. The minimum atomic E-state index is -0.545. The molecule has 0 aliphatic carbocycles. The highest BCUT2D eigenvalue weighted by Gasteiger charge is 2.14. The molecule has 0 amide bonds. The largest absolute Gasteiger partial charge is 0.494 e. The van der Waals surface area contributed by atoms with E-state index in [0.717, 1.165) is 43.4 Å². The maximum atomic E-state index is 12.7. The van der Waals surface area contributed by atoms with Crippen LogP contribution in [0.25, 0.3) is 6.08 Å². The molecule has 0 fully saturated rings. The predicted octanol–water partition coefficient (Wildman–Crippen LogP) is 10.9. The molecule has 7 heteroatoms. The summed E-state index contributed by atoms with van der Waals surface area (Å²) in [5.74, 6) is 0.0219. The predicted molar refractivity (Wildman–Crippen MR) is 195 cm³/mol. The van der Waals surface area contributed by atoms with Gasteiger partial charge in [-0.25, -0.2) is 14.4 Å². The normalized spacial score (nSPS) is 11.9. The molecule has 1 atom stereocenters. The standard InChI is InChI=1S/C42H54O7/c1-5-7-9-11-12-13-14-16-30-46-37-26-20-35(21-27-37)41(44)49-39-28-22-36(23-29-39)42(45)48-38-24-18-34(19-25-38)31-32(3)40(43)47-33(4)17-15-10-8-6-2/h18-29,31,33H,5-17,30H2,1-4H3/t33-/m1/s1. The molecule has 0 bridgehead atoms. The van der Waals surface area contributed by atoms with E-state index >= 15 is 0 Å².